The van der Waals surface area contributed by atoms with Crippen LogP contribution in [-0.4, -0.2) is 49.7 Å². The Labute approximate surface area is 164 Å². The monoisotopic (exact) mass is 402 g/mol. The number of rotatable bonds is 7. The fourth-order valence-electron chi connectivity index (χ4n) is 2.31. The number of nitrogens with zero attached hydrogens (tertiary/aromatic N) is 5. The average Bonchev–Trinajstić information content (AvgIpc) is 3.30. The molecule has 0 bridgehead atoms. The van der Waals surface area contributed by atoms with E-state index >= 15 is 0 Å². The summed E-state index contributed by atoms with van der Waals surface area (Å²) >= 11 is 2.89. The van der Waals surface area contributed by atoms with Gasteiger partial charge in [-0.2, -0.15) is 4.68 Å². The third kappa shape index (κ3) is 5.14. The smallest absolute Gasteiger partial charge is 0.233 e. The highest BCUT2D eigenvalue weighted by Gasteiger charge is 2.15. The summed E-state index contributed by atoms with van der Waals surface area (Å²) in [5.41, 5.74) is 1.35. The lowest BCUT2D eigenvalue weighted by Gasteiger charge is -2.15. The summed E-state index contributed by atoms with van der Waals surface area (Å²) in [4.78, 5) is 26.4. The highest BCUT2D eigenvalue weighted by atomic mass is 32.2. The van der Waals surface area contributed by atoms with Gasteiger partial charge in [0.15, 0.2) is 0 Å². The Bertz CT molecular complexity index is 925. The zero-order valence-electron chi connectivity index (χ0n) is 14.8. The quantitative estimate of drug-likeness (QED) is 0.610. The molecular formula is C17H18N6O2S2. The first-order valence-corrected chi connectivity index (χ1v) is 9.95. The second-order valence-corrected chi connectivity index (χ2v) is 7.70. The van der Waals surface area contributed by atoms with Crippen molar-refractivity contribution < 1.29 is 9.59 Å². The molecule has 0 atom stereocenters. The van der Waals surface area contributed by atoms with Gasteiger partial charge in [-0.05, 0) is 40.1 Å². The Hall–Kier alpha value is -2.72. The molecule has 27 heavy (non-hydrogen) atoms. The number of hydrogen-bond acceptors (Lipinski definition) is 7. The molecule has 0 unspecified atom stereocenters. The van der Waals surface area contributed by atoms with E-state index in [1.54, 1.807) is 46.2 Å². The summed E-state index contributed by atoms with van der Waals surface area (Å²) in [6, 6.07) is 11.2. The van der Waals surface area contributed by atoms with E-state index in [0.29, 0.717) is 23.1 Å². The van der Waals surface area contributed by atoms with E-state index in [4.69, 9.17) is 0 Å². The highest BCUT2D eigenvalue weighted by Crippen LogP contribution is 2.21. The Kier molecular flexibility index (Phi) is 6.20. The first-order chi connectivity index (χ1) is 13.0. The summed E-state index contributed by atoms with van der Waals surface area (Å²) in [6.45, 7) is 2.03. The number of amides is 2. The van der Waals surface area contributed by atoms with Crippen LogP contribution in [0.15, 0.2) is 46.9 Å². The molecule has 0 radical (unpaired) electrons. The van der Waals surface area contributed by atoms with Gasteiger partial charge in [-0.1, -0.05) is 23.9 Å². The van der Waals surface area contributed by atoms with Crippen molar-refractivity contribution in [2.45, 2.75) is 18.6 Å². The number of thioether (sulfide) groups is 1. The maximum Gasteiger partial charge on any atom is 0.233 e. The van der Waals surface area contributed by atoms with Crippen molar-refractivity contribution in [3.05, 3.63) is 46.7 Å². The van der Waals surface area contributed by atoms with Gasteiger partial charge in [-0.25, -0.2) is 0 Å². The number of benzene rings is 1. The predicted molar refractivity (Wildman–Crippen MR) is 105 cm³/mol. The predicted octanol–water partition coefficient (Wildman–Crippen LogP) is 2.43. The summed E-state index contributed by atoms with van der Waals surface area (Å²) in [7, 11) is 1.78. The molecule has 2 heterocycles. The zero-order valence-corrected chi connectivity index (χ0v) is 16.5. The molecule has 0 aliphatic rings. The lowest BCUT2D eigenvalue weighted by molar-refractivity contribution is -0.127. The summed E-state index contributed by atoms with van der Waals surface area (Å²) in [5, 5.41) is 16.9. The van der Waals surface area contributed by atoms with Gasteiger partial charge in [0.25, 0.3) is 0 Å². The number of tetrazole rings is 1. The molecule has 0 saturated heterocycles. The van der Waals surface area contributed by atoms with Crippen LogP contribution in [0.25, 0.3) is 5.69 Å². The van der Waals surface area contributed by atoms with E-state index < -0.39 is 0 Å². The molecule has 3 rings (SSSR count). The second kappa shape index (κ2) is 8.78. The number of thiophene rings is 1. The van der Waals surface area contributed by atoms with Crippen molar-refractivity contribution in [2.24, 2.45) is 0 Å². The summed E-state index contributed by atoms with van der Waals surface area (Å²) < 4.78 is 1.54. The van der Waals surface area contributed by atoms with Gasteiger partial charge in [0.2, 0.25) is 17.0 Å². The number of hydrogen-bond donors (Lipinski definition) is 1. The molecule has 0 saturated carbocycles. The summed E-state index contributed by atoms with van der Waals surface area (Å²) in [6.07, 6.45) is 0. The zero-order chi connectivity index (χ0) is 19.2. The fraction of sp³-hybridized carbons (Fsp3) is 0.235. The fourth-order valence-corrected chi connectivity index (χ4v) is 3.90. The van der Waals surface area contributed by atoms with Crippen LogP contribution in [0.1, 0.15) is 11.8 Å². The molecule has 1 N–H and O–H groups in total. The molecule has 0 spiro atoms. The van der Waals surface area contributed by atoms with Gasteiger partial charge in [-0.15, -0.1) is 16.4 Å². The van der Waals surface area contributed by atoms with Crippen LogP contribution in [0.5, 0.6) is 0 Å². The molecule has 3 aromatic rings. The van der Waals surface area contributed by atoms with Crippen molar-refractivity contribution in [1.82, 2.24) is 25.1 Å². The molecule has 0 aliphatic carbocycles. The van der Waals surface area contributed by atoms with Crippen molar-refractivity contribution in [3.63, 3.8) is 0 Å². The highest BCUT2D eigenvalue weighted by molar-refractivity contribution is 7.99. The minimum Gasteiger partial charge on any atom is -0.340 e. The van der Waals surface area contributed by atoms with E-state index in [9.17, 15) is 9.59 Å². The van der Waals surface area contributed by atoms with E-state index in [-0.39, 0.29) is 17.6 Å². The number of nitrogens with one attached hydrogen (secondary N) is 1. The minimum atomic E-state index is -0.155. The standard InChI is InChI=1S/C17H18N6O2S2/c1-12(24)18-13-5-3-6-14(9-13)23-17(19-20-21-23)27-11-16(25)22(2)10-15-7-4-8-26-15/h3-9H,10-11H2,1-2H3,(H,18,24). The molecular weight excluding hydrogens is 384 g/mol. The Balaban J connectivity index is 1.65. The normalized spacial score (nSPS) is 10.6. The van der Waals surface area contributed by atoms with Crippen LogP contribution in [0.3, 0.4) is 0 Å². The Morgan fingerprint density at radius 1 is 1.30 bits per heavy atom. The van der Waals surface area contributed by atoms with E-state index in [1.807, 2.05) is 23.6 Å². The molecule has 8 nitrogen and oxygen atoms in total. The van der Waals surface area contributed by atoms with Crippen molar-refractivity contribution in [2.75, 3.05) is 18.1 Å². The third-order valence-corrected chi connectivity index (χ3v) is 5.34. The maximum absolute atomic E-state index is 12.4. The van der Waals surface area contributed by atoms with Crippen LogP contribution in [0.2, 0.25) is 0 Å². The van der Waals surface area contributed by atoms with Crippen LogP contribution < -0.4 is 5.32 Å². The van der Waals surface area contributed by atoms with Gasteiger partial charge in [0.05, 0.1) is 18.0 Å². The molecule has 0 aliphatic heterocycles. The van der Waals surface area contributed by atoms with Crippen molar-refractivity contribution in [3.8, 4) is 5.69 Å². The number of carbonyl (C=O) groups excluding carboxylic acids is 2. The minimum absolute atomic E-state index is 0.00468. The maximum atomic E-state index is 12.4. The molecule has 10 heteroatoms. The van der Waals surface area contributed by atoms with Crippen molar-refractivity contribution >= 4 is 40.6 Å². The summed E-state index contributed by atoms with van der Waals surface area (Å²) in [5.74, 6) is 0.0703. The third-order valence-electron chi connectivity index (χ3n) is 3.58. The number of aromatic nitrogens is 4. The van der Waals surface area contributed by atoms with Gasteiger partial charge in [0, 0.05) is 24.5 Å². The number of anilines is 1. The van der Waals surface area contributed by atoms with E-state index in [2.05, 4.69) is 20.8 Å². The molecule has 1 aromatic carbocycles. The lowest BCUT2D eigenvalue weighted by atomic mass is 10.3. The first kappa shape index (κ1) is 19.1. The van der Waals surface area contributed by atoms with Gasteiger partial charge < -0.3 is 10.2 Å². The van der Waals surface area contributed by atoms with Crippen LogP contribution >= 0.6 is 23.1 Å². The van der Waals surface area contributed by atoms with Gasteiger partial charge in [0.1, 0.15) is 0 Å². The van der Waals surface area contributed by atoms with Crippen molar-refractivity contribution in [1.29, 1.82) is 0 Å². The second-order valence-electron chi connectivity index (χ2n) is 5.72. The molecule has 2 amide bonds. The lowest BCUT2D eigenvalue weighted by Crippen LogP contribution is -2.27. The Morgan fingerprint density at radius 3 is 2.89 bits per heavy atom. The van der Waals surface area contributed by atoms with Crippen LogP contribution in [-0.2, 0) is 16.1 Å². The topological polar surface area (TPSA) is 93.0 Å². The molecule has 0 fully saturated rings. The first-order valence-electron chi connectivity index (χ1n) is 8.08. The number of carbonyl (C=O) groups is 2. The molecule has 140 valence electrons. The Morgan fingerprint density at radius 2 is 2.15 bits per heavy atom. The van der Waals surface area contributed by atoms with Crippen LogP contribution in [0.4, 0.5) is 5.69 Å². The van der Waals surface area contributed by atoms with Gasteiger partial charge in [-0.3, -0.25) is 9.59 Å². The van der Waals surface area contributed by atoms with E-state index in [1.165, 1.54) is 18.7 Å². The average molecular weight is 403 g/mol. The van der Waals surface area contributed by atoms with Gasteiger partial charge >= 0.3 is 0 Å². The van der Waals surface area contributed by atoms with E-state index in [0.717, 1.165) is 4.88 Å². The largest absolute Gasteiger partial charge is 0.340 e. The van der Waals surface area contributed by atoms with Crippen LogP contribution in [0, 0.1) is 0 Å². The SMILES string of the molecule is CC(=O)Nc1cccc(-n2nnnc2SCC(=O)N(C)Cc2cccs2)c1. The molecule has 2 aromatic heterocycles.